The van der Waals surface area contributed by atoms with E-state index in [9.17, 15) is 4.79 Å². The average molecular weight is 283 g/mol. The second kappa shape index (κ2) is 6.93. The number of ether oxygens (including phenoxy) is 1. The fourth-order valence-corrected chi connectivity index (χ4v) is 2.33. The zero-order valence-electron chi connectivity index (χ0n) is 12.7. The summed E-state index contributed by atoms with van der Waals surface area (Å²) in [7, 11) is 1.62. The molecule has 0 bridgehead atoms. The molecule has 21 heavy (non-hydrogen) atoms. The highest BCUT2D eigenvalue weighted by atomic mass is 16.5. The number of nitrogens with one attached hydrogen (secondary N) is 1. The van der Waals surface area contributed by atoms with Crippen LogP contribution in [0.3, 0.4) is 0 Å². The van der Waals surface area contributed by atoms with Gasteiger partial charge in [0.05, 0.1) is 13.5 Å². The molecule has 0 saturated carbocycles. The van der Waals surface area contributed by atoms with Crippen molar-refractivity contribution >= 4 is 11.6 Å². The molecule has 3 heteroatoms. The predicted octanol–water partition coefficient (Wildman–Crippen LogP) is 4.00. The Hall–Kier alpha value is -2.29. The highest BCUT2D eigenvalue weighted by Crippen LogP contribution is 2.24. The normalized spacial score (nSPS) is 10.5. The zero-order chi connectivity index (χ0) is 15.2. The van der Waals surface area contributed by atoms with Crippen LogP contribution in [0.4, 0.5) is 5.69 Å². The molecule has 0 atom stereocenters. The molecule has 0 fully saturated rings. The number of anilines is 1. The molecule has 2 aromatic rings. The first-order valence-corrected chi connectivity index (χ1v) is 7.12. The van der Waals surface area contributed by atoms with Gasteiger partial charge in [0.2, 0.25) is 5.91 Å². The van der Waals surface area contributed by atoms with Gasteiger partial charge in [-0.25, -0.2) is 0 Å². The van der Waals surface area contributed by atoms with E-state index in [-0.39, 0.29) is 5.91 Å². The highest BCUT2D eigenvalue weighted by molar-refractivity contribution is 5.93. The number of hydrogen-bond acceptors (Lipinski definition) is 2. The maximum atomic E-state index is 12.3. The first-order chi connectivity index (χ1) is 10.1. The van der Waals surface area contributed by atoms with Gasteiger partial charge < -0.3 is 10.1 Å². The number of methoxy groups -OCH3 is 1. The molecule has 3 nitrogen and oxygen atoms in total. The number of rotatable bonds is 5. The molecule has 0 aliphatic rings. The van der Waals surface area contributed by atoms with Crippen LogP contribution in [0.25, 0.3) is 0 Å². The van der Waals surface area contributed by atoms with E-state index in [1.165, 1.54) is 0 Å². The Kier molecular flexibility index (Phi) is 4.99. The Morgan fingerprint density at radius 2 is 1.76 bits per heavy atom. The minimum absolute atomic E-state index is 0.0346. The van der Waals surface area contributed by atoms with Crippen LogP contribution in [-0.2, 0) is 11.2 Å². The van der Waals surface area contributed by atoms with Gasteiger partial charge in [-0.05, 0) is 23.6 Å². The van der Waals surface area contributed by atoms with Gasteiger partial charge in [-0.3, -0.25) is 4.79 Å². The molecule has 0 radical (unpaired) electrons. The van der Waals surface area contributed by atoms with Crippen molar-refractivity contribution in [1.82, 2.24) is 0 Å². The summed E-state index contributed by atoms with van der Waals surface area (Å²) in [5.41, 5.74) is 2.91. The maximum Gasteiger partial charge on any atom is 0.228 e. The minimum Gasteiger partial charge on any atom is -0.496 e. The average Bonchev–Trinajstić information content (AvgIpc) is 2.48. The molecule has 0 saturated heterocycles. The molecule has 1 N–H and O–H groups in total. The lowest BCUT2D eigenvalue weighted by atomic mass is 10.0. The van der Waals surface area contributed by atoms with Crippen molar-refractivity contribution in [2.45, 2.75) is 26.2 Å². The van der Waals surface area contributed by atoms with Crippen molar-refractivity contribution in [3.63, 3.8) is 0 Å². The van der Waals surface area contributed by atoms with Gasteiger partial charge >= 0.3 is 0 Å². The molecule has 0 aliphatic heterocycles. The summed E-state index contributed by atoms with van der Waals surface area (Å²) in [4.78, 5) is 12.3. The Morgan fingerprint density at radius 1 is 1.10 bits per heavy atom. The van der Waals surface area contributed by atoms with E-state index in [1.54, 1.807) is 7.11 Å². The van der Waals surface area contributed by atoms with Crippen LogP contribution in [0.15, 0.2) is 48.5 Å². The molecule has 0 aliphatic carbocycles. The Morgan fingerprint density at radius 3 is 2.48 bits per heavy atom. The van der Waals surface area contributed by atoms with Crippen LogP contribution in [0.2, 0.25) is 0 Å². The molecule has 0 heterocycles. The molecule has 2 aromatic carbocycles. The quantitative estimate of drug-likeness (QED) is 0.900. The Bertz CT molecular complexity index is 620. The molecular formula is C18H21NO2. The topological polar surface area (TPSA) is 38.3 Å². The molecule has 110 valence electrons. The summed E-state index contributed by atoms with van der Waals surface area (Å²) in [5, 5.41) is 3.00. The third kappa shape index (κ3) is 3.85. The number of benzene rings is 2. The van der Waals surface area contributed by atoms with Gasteiger partial charge in [-0.15, -0.1) is 0 Å². The number of carbonyl (C=O) groups is 1. The van der Waals surface area contributed by atoms with E-state index in [2.05, 4.69) is 19.2 Å². The first kappa shape index (κ1) is 15.1. The SMILES string of the molecule is COc1ccccc1CC(=O)Nc1ccccc1C(C)C. The third-order valence-corrected chi connectivity index (χ3v) is 3.40. The van der Waals surface area contributed by atoms with Crippen molar-refractivity contribution in [2.75, 3.05) is 12.4 Å². The Labute approximate surface area is 126 Å². The van der Waals surface area contributed by atoms with E-state index in [0.717, 1.165) is 22.6 Å². The summed E-state index contributed by atoms with van der Waals surface area (Å²) in [6, 6.07) is 15.5. The van der Waals surface area contributed by atoms with Crippen molar-refractivity contribution in [3.8, 4) is 5.75 Å². The summed E-state index contributed by atoms with van der Waals surface area (Å²) in [5.74, 6) is 1.07. The van der Waals surface area contributed by atoms with E-state index < -0.39 is 0 Å². The molecule has 1 amide bonds. The van der Waals surface area contributed by atoms with Crippen molar-refractivity contribution in [2.24, 2.45) is 0 Å². The smallest absolute Gasteiger partial charge is 0.228 e. The van der Waals surface area contributed by atoms with Crippen molar-refractivity contribution < 1.29 is 9.53 Å². The highest BCUT2D eigenvalue weighted by Gasteiger charge is 2.11. The maximum absolute atomic E-state index is 12.3. The second-order valence-corrected chi connectivity index (χ2v) is 5.28. The van der Waals surface area contributed by atoms with Crippen LogP contribution >= 0.6 is 0 Å². The number of amides is 1. The van der Waals surface area contributed by atoms with Crippen molar-refractivity contribution in [1.29, 1.82) is 0 Å². The molecule has 0 spiro atoms. The van der Waals surface area contributed by atoms with E-state index in [4.69, 9.17) is 4.74 Å². The van der Waals surface area contributed by atoms with Gasteiger partial charge in [0.25, 0.3) is 0 Å². The summed E-state index contributed by atoms with van der Waals surface area (Å²) in [6.07, 6.45) is 0.302. The van der Waals surface area contributed by atoms with Crippen LogP contribution in [-0.4, -0.2) is 13.0 Å². The lowest BCUT2D eigenvalue weighted by Gasteiger charge is -2.14. The van der Waals surface area contributed by atoms with Crippen LogP contribution in [0.1, 0.15) is 30.9 Å². The summed E-state index contributed by atoms with van der Waals surface area (Å²) < 4.78 is 5.28. The molecule has 2 rings (SSSR count). The first-order valence-electron chi connectivity index (χ1n) is 7.12. The fraction of sp³-hybridized carbons (Fsp3) is 0.278. The van der Waals surface area contributed by atoms with Crippen LogP contribution in [0.5, 0.6) is 5.75 Å². The van der Waals surface area contributed by atoms with Crippen molar-refractivity contribution in [3.05, 3.63) is 59.7 Å². The second-order valence-electron chi connectivity index (χ2n) is 5.28. The Balaban J connectivity index is 2.12. The van der Waals surface area contributed by atoms with E-state index in [1.807, 2.05) is 48.5 Å². The molecule has 0 aromatic heterocycles. The number of para-hydroxylation sites is 2. The molecular weight excluding hydrogens is 262 g/mol. The largest absolute Gasteiger partial charge is 0.496 e. The summed E-state index contributed by atoms with van der Waals surface area (Å²) >= 11 is 0. The third-order valence-electron chi connectivity index (χ3n) is 3.40. The predicted molar refractivity (Wildman–Crippen MR) is 85.9 cm³/mol. The van der Waals surface area contributed by atoms with E-state index >= 15 is 0 Å². The van der Waals surface area contributed by atoms with Gasteiger partial charge in [0, 0.05) is 11.3 Å². The summed E-state index contributed by atoms with van der Waals surface area (Å²) in [6.45, 7) is 4.23. The number of hydrogen-bond donors (Lipinski definition) is 1. The van der Waals surface area contributed by atoms with Gasteiger partial charge in [0.1, 0.15) is 5.75 Å². The minimum atomic E-state index is -0.0346. The lowest BCUT2D eigenvalue weighted by Crippen LogP contribution is -2.16. The molecule has 0 unspecified atom stereocenters. The van der Waals surface area contributed by atoms with Gasteiger partial charge in [0.15, 0.2) is 0 Å². The van der Waals surface area contributed by atoms with Gasteiger partial charge in [-0.2, -0.15) is 0 Å². The standard InChI is InChI=1S/C18H21NO2/c1-13(2)15-9-5-6-10-16(15)19-18(20)12-14-8-4-7-11-17(14)21-3/h4-11,13H,12H2,1-3H3,(H,19,20). The number of carbonyl (C=O) groups excluding carboxylic acids is 1. The zero-order valence-corrected chi connectivity index (χ0v) is 12.7. The van der Waals surface area contributed by atoms with E-state index in [0.29, 0.717) is 12.3 Å². The monoisotopic (exact) mass is 283 g/mol. The van der Waals surface area contributed by atoms with Crippen LogP contribution in [0, 0.1) is 0 Å². The fourth-order valence-electron chi connectivity index (χ4n) is 2.33. The lowest BCUT2D eigenvalue weighted by molar-refractivity contribution is -0.115. The van der Waals surface area contributed by atoms with Gasteiger partial charge in [-0.1, -0.05) is 50.2 Å². The van der Waals surface area contributed by atoms with Crippen LogP contribution < -0.4 is 10.1 Å².